The van der Waals surface area contributed by atoms with Crippen LogP contribution in [0.1, 0.15) is 19.3 Å². The van der Waals surface area contributed by atoms with Gasteiger partial charge in [-0.2, -0.15) is 0 Å². The maximum Gasteiger partial charge on any atom is 0.272 e. The average Bonchev–Trinajstić information content (AvgIpc) is 1.88. The van der Waals surface area contributed by atoms with Crippen LogP contribution in [0.2, 0.25) is 0 Å². The standard InChI is InChI=1S/C7H14N2O/c8-7(10)6-9-4-2-1-3-5-9/h1-6H2,(H2,8,10)/p+1. The number of hydrogen-bond acceptors (Lipinski definition) is 1. The van der Waals surface area contributed by atoms with Crippen molar-refractivity contribution < 1.29 is 9.69 Å². The number of likely N-dealkylation sites (tertiary alicyclic amines) is 1. The second-order valence-corrected chi connectivity index (χ2v) is 2.95. The largest absolute Gasteiger partial charge is 0.365 e. The van der Waals surface area contributed by atoms with Crippen molar-refractivity contribution in [3.8, 4) is 0 Å². The lowest BCUT2D eigenvalue weighted by molar-refractivity contribution is -0.896. The molecule has 1 rings (SSSR count). The van der Waals surface area contributed by atoms with Gasteiger partial charge < -0.3 is 10.6 Å². The Balaban J connectivity index is 2.19. The molecule has 0 aromatic heterocycles. The van der Waals surface area contributed by atoms with Crippen molar-refractivity contribution in [2.45, 2.75) is 19.3 Å². The third-order valence-electron chi connectivity index (χ3n) is 1.98. The Labute approximate surface area is 61.2 Å². The molecular formula is C7H15N2O+. The van der Waals surface area contributed by atoms with Crippen LogP contribution in [-0.2, 0) is 4.79 Å². The second-order valence-electron chi connectivity index (χ2n) is 2.95. The molecule has 0 unspecified atom stereocenters. The van der Waals surface area contributed by atoms with E-state index in [1.807, 2.05) is 0 Å². The summed E-state index contributed by atoms with van der Waals surface area (Å²) in [6.45, 7) is 2.78. The lowest BCUT2D eigenvalue weighted by Crippen LogP contribution is -3.13. The second kappa shape index (κ2) is 3.56. The zero-order chi connectivity index (χ0) is 7.40. The number of nitrogens with two attached hydrogens (primary N) is 1. The molecule has 0 aromatic carbocycles. The molecule has 10 heavy (non-hydrogen) atoms. The molecule has 3 heteroatoms. The van der Waals surface area contributed by atoms with Crippen molar-refractivity contribution in [2.24, 2.45) is 5.73 Å². The average molecular weight is 143 g/mol. The van der Waals surface area contributed by atoms with Gasteiger partial charge in [0.2, 0.25) is 0 Å². The summed E-state index contributed by atoms with van der Waals surface area (Å²) in [6, 6.07) is 0. The Morgan fingerprint density at radius 1 is 1.30 bits per heavy atom. The van der Waals surface area contributed by atoms with E-state index in [9.17, 15) is 4.79 Å². The van der Waals surface area contributed by atoms with Crippen LogP contribution in [0.25, 0.3) is 0 Å². The van der Waals surface area contributed by atoms with Crippen LogP contribution < -0.4 is 10.6 Å². The zero-order valence-corrected chi connectivity index (χ0v) is 6.23. The van der Waals surface area contributed by atoms with Gasteiger partial charge in [-0.1, -0.05) is 0 Å². The summed E-state index contributed by atoms with van der Waals surface area (Å²) >= 11 is 0. The molecule has 3 N–H and O–H groups in total. The fraction of sp³-hybridized carbons (Fsp3) is 0.857. The van der Waals surface area contributed by atoms with Crippen molar-refractivity contribution >= 4 is 5.91 Å². The predicted molar refractivity (Wildman–Crippen MR) is 38.6 cm³/mol. The molecule has 0 aliphatic carbocycles. The SMILES string of the molecule is NC(=O)C[NH+]1CCCCC1. The number of quaternary nitrogens is 1. The van der Waals surface area contributed by atoms with E-state index in [-0.39, 0.29) is 5.91 Å². The van der Waals surface area contributed by atoms with E-state index in [2.05, 4.69) is 0 Å². The lowest BCUT2D eigenvalue weighted by Gasteiger charge is -2.21. The quantitative estimate of drug-likeness (QED) is 0.487. The van der Waals surface area contributed by atoms with Crippen LogP contribution in [0.4, 0.5) is 0 Å². The maximum absolute atomic E-state index is 10.5. The third kappa shape index (κ3) is 2.35. The van der Waals surface area contributed by atoms with Crippen molar-refractivity contribution in [2.75, 3.05) is 19.6 Å². The topological polar surface area (TPSA) is 47.5 Å². The van der Waals surface area contributed by atoms with Gasteiger partial charge in [0.05, 0.1) is 13.1 Å². The van der Waals surface area contributed by atoms with E-state index in [4.69, 9.17) is 5.73 Å². The molecule has 1 amide bonds. The van der Waals surface area contributed by atoms with Gasteiger partial charge in [0, 0.05) is 0 Å². The van der Waals surface area contributed by atoms with Gasteiger partial charge in [0.25, 0.3) is 5.91 Å². The number of primary amides is 1. The fourth-order valence-corrected chi connectivity index (χ4v) is 1.47. The lowest BCUT2D eigenvalue weighted by atomic mass is 10.1. The van der Waals surface area contributed by atoms with Gasteiger partial charge in [0.1, 0.15) is 0 Å². The molecule has 0 radical (unpaired) electrons. The molecule has 1 aliphatic rings. The zero-order valence-electron chi connectivity index (χ0n) is 6.23. The monoisotopic (exact) mass is 143 g/mol. The van der Waals surface area contributed by atoms with Crippen molar-refractivity contribution in [3.63, 3.8) is 0 Å². The molecule has 1 saturated heterocycles. The molecule has 1 fully saturated rings. The van der Waals surface area contributed by atoms with Crippen LogP contribution in [0.15, 0.2) is 0 Å². The number of hydrogen-bond donors (Lipinski definition) is 2. The van der Waals surface area contributed by atoms with E-state index >= 15 is 0 Å². The molecule has 1 heterocycles. The minimum absolute atomic E-state index is 0.170. The molecule has 0 saturated carbocycles. The molecule has 0 spiro atoms. The van der Waals surface area contributed by atoms with Gasteiger partial charge in [0.15, 0.2) is 6.54 Å². The Kier molecular flexibility index (Phi) is 2.68. The summed E-state index contributed by atoms with van der Waals surface area (Å²) < 4.78 is 0. The molecule has 3 nitrogen and oxygen atoms in total. The number of rotatable bonds is 2. The number of nitrogens with one attached hydrogen (secondary N) is 1. The number of carbonyl (C=O) groups excluding carboxylic acids is 1. The smallest absolute Gasteiger partial charge is 0.272 e. The molecule has 0 aromatic rings. The normalized spacial score (nSPS) is 20.8. The Bertz CT molecular complexity index is 119. The first-order chi connectivity index (χ1) is 4.79. The number of amides is 1. The van der Waals surface area contributed by atoms with E-state index in [1.54, 1.807) is 0 Å². The van der Waals surface area contributed by atoms with Crippen molar-refractivity contribution in [1.82, 2.24) is 0 Å². The highest BCUT2D eigenvalue weighted by molar-refractivity contribution is 5.74. The van der Waals surface area contributed by atoms with Gasteiger partial charge in [-0.25, -0.2) is 0 Å². The Morgan fingerprint density at radius 3 is 2.40 bits per heavy atom. The number of piperidine rings is 1. The number of carbonyl (C=O) groups is 1. The van der Waals surface area contributed by atoms with E-state index in [0.29, 0.717) is 6.54 Å². The Morgan fingerprint density at radius 2 is 1.90 bits per heavy atom. The van der Waals surface area contributed by atoms with Crippen LogP contribution in [0, 0.1) is 0 Å². The van der Waals surface area contributed by atoms with Crippen LogP contribution >= 0.6 is 0 Å². The minimum Gasteiger partial charge on any atom is -0.365 e. The summed E-state index contributed by atoms with van der Waals surface area (Å²) in [7, 11) is 0. The predicted octanol–water partition coefficient (Wildman–Crippen LogP) is -1.46. The molecule has 0 bridgehead atoms. The molecule has 0 atom stereocenters. The summed E-state index contributed by atoms with van der Waals surface area (Å²) in [5.41, 5.74) is 5.06. The summed E-state index contributed by atoms with van der Waals surface area (Å²) in [5, 5.41) is 0. The van der Waals surface area contributed by atoms with Gasteiger partial charge in [-0.05, 0) is 19.3 Å². The van der Waals surface area contributed by atoms with Gasteiger partial charge in [-0.15, -0.1) is 0 Å². The molecular weight excluding hydrogens is 128 g/mol. The molecule has 1 aliphatic heterocycles. The minimum atomic E-state index is -0.170. The highest BCUT2D eigenvalue weighted by Gasteiger charge is 2.14. The van der Waals surface area contributed by atoms with Gasteiger partial charge in [-0.3, -0.25) is 4.79 Å². The maximum atomic E-state index is 10.5. The summed E-state index contributed by atoms with van der Waals surface area (Å²) in [6.07, 6.45) is 3.83. The van der Waals surface area contributed by atoms with Crippen molar-refractivity contribution in [3.05, 3.63) is 0 Å². The summed E-state index contributed by atoms with van der Waals surface area (Å²) in [5.74, 6) is -0.170. The van der Waals surface area contributed by atoms with Crippen LogP contribution in [-0.4, -0.2) is 25.5 Å². The van der Waals surface area contributed by atoms with E-state index in [0.717, 1.165) is 13.1 Å². The van der Waals surface area contributed by atoms with Crippen LogP contribution in [0.5, 0.6) is 0 Å². The fourth-order valence-electron chi connectivity index (χ4n) is 1.47. The third-order valence-corrected chi connectivity index (χ3v) is 1.98. The highest BCUT2D eigenvalue weighted by Crippen LogP contribution is 1.93. The first-order valence-corrected chi connectivity index (χ1v) is 3.91. The molecule has 58 valence electrons. The van der Waals surface area contributed by atoms with E-state index in [1.165, 1.54) is 24.2 Å². The van der Waals surface area contributed by atoms with Crippen molar-refractivity contribution in [1.29, 1.82) is 0 Å². The first kappa shape index (κ1) is 7.54. The summed E-state index contributed by atoms with van der Waals surface area (Å²) in [4.78, 5) is 11.8. The first-order valence-electron chi connectivity index (χ1n) is 3.91. The van der Waals surface area contributed by atoms with E-state index < -0.39 is 0 Å². The van der Waals surface area contributed by atoms with Gasteiger partial charge >= 0.3 is 0 Å². The van der Waals surface area contributed by atoms with Crippen LogP contribution in [0.3, 0.4) is 0 Å². The highest BCUT2D eigenvalue weighted by atomic mass is 16.1. The Hall–Kier alpha value is -0.570.